The third-order valence-electron chi connectivity index (χ3n) is 4.00. The van der Waals surface area contributed by atoms with Gasteiger partial charge in [0.1, 0.15) is 0 Å². The van der Waals surface area contributed by atoms with Gasteiger partial charge in [-0.2, -0.15) is 0 Å². The average Bonchev–Trinajstić information content (AvgIpc) is 3.11. The van der Waals surface area contributed by atoms with Gasteiger partial charge in [-0.05, 0) is 43.4 Å². The summed E-state index contributed by atoms with van der Waals surface area (Å²) in [6.45, 7) is 2.27. The zero-order valence-electron chi connectivity index (χ0n) is 12.1. The molecule has 4 rings (SSSR count). The number of aromatic nitrogens is 2. The summed E-state index contributed by atoms with van der Waals surface area (Å²) in [5, 5.41) is 3.66. The number of anilines is 1. The van der Waals surface area contributed by atoms with Crippen LogP contribution in [0.4, 0.5) is 5.13 Å². The van der Waals surface area contributed by atoms with Crippen molar-refractivity contribution in [2.75, 3.05) is 5.32 Å². The van der Waals surface area contributed by atoms with E-state index in [0.29, 0.717) is 16.6 Å². The summed E-state index contributed by atoms with van der Waals surface area (Å²) < 4.78 is 1.03. The molecule has 1 aromatic carbocycles. The summed E-state index contributed by atoms with van der Waals surface area (Å²) in [4.78, 5) is 22.5. The minimum absolute atomic E-state index is 0.102. The van der Waals surface area contributed by atoms with E-state index >= 15 is 0 Å². The second kappa shape index (κ2) is 5.44. The predicted octanol–water partition coefficient (Wildman–Crippen LogP) is 4.13. The maximum Gasteiger partial charge on any atom is 0.257 e. The van der Waals surface area contributed by atoms with Crippen LogP contribution in [0, 0.1) is 5.92 Å². The first kappa shape index (κ1) is 13.8. The molecule has 1 unspecified atom stereocenters. The molecule has 6 heteroatoms. The molecule has 2 heterocycles. The number of hydrogen-bond acceptors (Lipinski definition) is 5. The number of hydrogen-bond donors (Lipinski definition) is 1. The molecule has 112 valence electrons. The molecule has 0 saturated heterocycles. The van der Waals surface area contributed by atoms with Crippen molar-refractivity contribution in [1.82, 2.24) is 9.97 Å². The fourth-order valence-electron chi connectivity index (χ4n) is 2.76. The lowest BCUT2D eigenvalue weighted by molar-refractivity contribution is 0.102. The predicted molar refractivity (Wildman–Crippen MR) is 90.9 cm³/mol. The first-order chi connectivity index (χ1) is 10.7. The highest BCUT2D eigenvalue weighted by molar-refractivity contribution is 7.16. The molecule has 1 N–H and O–H groups in total. The molecule has 0 bridgehead atoms. The van der Waals surface area contributed by atoms with Gasteiger partial charge in [0.15, 0.2) is 5.13 Å². The van der Waals surface area contributed by atoms with Crippen molar-refractivity contribution in [3.63, 3.8) is 0 Å². The van der Waals surface area contributed by atoms with E-state index in [1.54, 1.807) is 28.2 Å². The van der Waals surface area contributed by atoms with Crippen LogP contribution in [0.3, 0.4) is 0 Å². The Morgan fingerprint density at radius 3 is 3.23 bits per heavy atom. The number of nitrogens with one attached hydrogen (secondary N) is 1. The normalized spacial score (nSPS) is 17.4. The Morgan fingerprint density at radius 2 is 2.32 bits per heavy atom. The van der Waals surface area contributed by atoms with E-state index in [9.17, 15) is 4.79 Å². The van der Waals surface area contributed by atoms with Crippen LogP contribution in [0.2, 0.25) is 0 Å². The molecule has 3 aromatic rings. The van der Waals surface area contributed by atoms with Gasteiger partial charge in [0.2, 0.25) is 0 Å². The number of nitrogens with zero attached hydrogens (tertiary/aromatic N) is 2. The van der Waals surface area contributed by atoms with Crippen LogP contribution in [0.5, 0.6) is 0 Å². The molecule has 1 aliphatic carbocycles. The second-order valence-corrected chi connectivity index (χ2v) is 7.70. The maximum absolute atomic E-state index is 12.4. The van der Waals surface area contributed by atoms with Crippen molar-refractivity contribution in [2.45, 2.75) is 26.2 Å². The largest absolute Gasteiger partial charge is 0.298 e. The Labute approximate surface area is 136 Å². The standard InChI is InChI=1S/C16H15N3OS2/c1-9-2-4-12-14(6-9)22-16(18-12)19-15(20)10-3-5-11-13(7-10)21-8-17-11/h3,5,7-9H,2,4,6H2,1H3,(H,18,19,20). The van der Waals surface area contributed by atoms with Gasteiger partial charge < -0.3 is 0 Å². The number of thiazole rings is 2. The van der Waals surface area contributed by atoms with Crippen molar-refractivity contribution in [2.24, 2.45) is 5.92 Å². The quantitative estimate of drug-likeness (QED) is 0.769. The molecule has 2 aromatic heterocycles. The summed E-state index contributed by atoms with van der Waals surface area (Å²) >= 11 is 3.16. The van der Waals surface area contributed by atoms with Crippen LogP contribution in [-0.2, 0) is 12.8 Å². The molecule has 22 heavy (non-hydrogen) atoms. The molecule has 0 aliphatic heterocycles. The lowest BCUT2D eigenvalue weighted by Crippen LogP contribution is -2.11. The van der Waals surface area contributed by atoms with Crippen LogP contribution in [-0.4, -0.2) is 15.9 Å². The Morgan fingerprint density at radius 1 is 1.41 bits per heavy atom. The van der Waals surface area contributed by atoms with E-state index < -0.39 is 0 Å². The number of fused-ring (bicyclic) bond motifs is 2. The molecular formula is C16H15N3OS2. The molecule has 0 fully saturated rings. The van der Waals surface area contributed by atoms with Gasteiger partial charge in [0, 0.05) is 10.4 Å². The van der Waals surface area contributed by atoms with Gasteiger partial charge in [-0.1, -0.05) is 6.92 Å². The van der Waals surface area contributed by atoms with Crippen LogP contribution < -0.4 is 5.32 Å². The fraction of sp³-hybridized carbons (Fsp3) is 0.312. The highest BCUT2D eigenvalue weighted by Crippen LogP contribution is 2.32. The van der Waals surface area contributed by atoms with Crippen LogP contribution in [0.1, 0.15) is 34.3 Å². The first-order valence-corrected chi connectivity index (χ1v) is 9.02. The summed E-state index contributed by atoms with van der Waals surface area (Å²) in [7, 11) is 0. The highest BCUT2D eigenvalue weighted by atomic mass is 32.1. The number of carbonyl (C=O) groups is 1. The van der Waals surface area contributed by atoms with Crippen molar-refractivity contribution in [3.8, 4) is 0 Å². The number of benzene rings is 1. The Hall–Kier alpha value is -1.79. The summed E-state index contributed by atoms with van der Waals surface area (Å²) in [5.41, 5.74) is 4.54. The molecule has 4 nitrogen and oxygen atoms in total. The Balaban J connectivity index is 1.56. The number of carbonyl (C=O) groups excluding carboxylic acids is 1. The maximum atomic E-state index is 12.4. The SMILES string of the molecule is CC1CCc2nc(NC(=O)c3ccc4ncsc4c3)sc2C1. The Bertz CT molecular complexity index is 852. The second-order valence-electron chi connectivity index (χ2n) is 5.73. The number of rotatable bonds is 2. The van der Waals surface area contributed by atoms with Gasteiger partial charge >= 0.3 is 0 Å². The van der Waals surface area contributed by atoms with Gasteiger partial charge in [-0.25, -0.2) is 9.97 Å². The van der Waals surface area contributed by atoms with Crippen molar-refractivity contribution in [1.29, 1.82) is 0 Å². The van der Waals surface area contributed by atoms with E-state index in [1.807, 2.05) is 18.2 Å². The molecule has 1 aliphatic rings. The molecular weight excluding hydrogens is 314 g/mol. The number of amides is 1. The first-order valence-electron chi connectivity index (χ1n) is 7.32. The molecule has 0 radical (unpaired) electrons. The smallest absolute Gasteiger partial charge is 0.257 e. The Kier molecular flexibility index (Phi) is 3.43. The topological polar surface area (TPSA) is 54.9 Å². The van der Waals surface area contributed by atoms with Crippen molar-refractivity contribution < 1.29 is 4.79 Å². The van der Waals surface area contributed by atoms with Crippen molar-refractivity contribution >= 4 is 43.9 Å². The van der Waals surface area contributed by atoms with Gasteiger partial charge in [0.05, 0.1) is 21.4 Å². The van der Waals surface area contributed by atoms with E-state index in [1.165, 1.54) is 11.3 Å². The van der Waals surface area contributed by atoms with E-state index in [2.05, 4.69) is 22.2 Å². The minimum atomic E-state index is -0.102. The van der Waals surface area contributed by atoms with Gasteiger partial charge in [-0.15, -0.1) is 22.7 Å². The third-order valence-corrected chi connectivity index (χ3v) is 5.83. The van der Waals surface area contributed by atoms with E-state index in [-0.39, 0.29) is 5.91 Å². The monoisotopic (exact) mass is 329 g/mol. The molecule has 1 amide bonds. The highest BCUT2D eigenvalue weighted by Gasteiger charge is 2.20. The fourth-order valence-corrected chi connectivity index (χ4v) is 4.64. The van der Waals surface area contributed by atoms with E-state index in [0.717, 1.165) is 28.8 Å². The van der Waals surface area contributed by atoms with Crippen molar-refractivity contribution in [3.05, 3.63) is 39.8 Å². The zero-order chi connectivity index (χ0) is 15.1. The zero-order valence-corrected chi connectivity index (χ0v) is 13.8. The average molecular weight is 329 g/mol. The summed E-state index contributed by atoms with van der Waals surface area (Å²) in [5.74, 6) is 0.611. The van der Waals surface area contributed by atoms with Crippen LogP contribution in [0.25, 0.3) is 10.2 Å². The summed E-state index contributed by atoms with van der Waals surface area (Å²) in [6, 6.07) is 5.58. The molecule has 0 spiro atoms. The van der Waals surface area contributed by atoms with Crippen LogP contribution >= 0.6 is 22.7 Å². The van der Waals surface area contributed by atoms with Gasteiger partial charge in [-0.3, -0.25) is 10.1 Å². The van der Waals surface area contributed by atoms with Crippen LogP contribution in [0.15, 0.2) is 23.7 Å². The van der Waals surface area contributed by atoms with E-state index in [4.69, 9.17) is 0 Å². The molecule has 0 saturated carbocycles. The lowest BCUT2D eigenvalue weighted by atomic mass is 9.93. The lowest BCUT2D eigenvalue weighted by Gasteiger charge is -2.15. The minimum Gasteiger partial charge on any atom is -0.298 e. The third kappa shape index (κ3) is 2.53. The number of aryl methyl sites for hydroxylation is 1. The van der Waals surface area contributed by atoms with Gasteiger partial charge in [0.25, 0.3) is 5.91 Å². The summed E-state index contributed by atoms with van der Waals surface area (Å²) in [6.07, 6.45) is 3.29. The molecule has 1 atom stereocenters.